The fraction of sp³-hybridized carbons (Fsp3) is 0.627. The van der Waals surface area contributed by atoms with Gasteiger partial charge in [-0.25, -0.2) is 0 Å². The number of ketones is 1. The van der Waals surface area contributed by atoms with Gasteiger partial charge in [-0.2, -0.15) is 0 Å². The van der Waals surface area contributed by atoms with Gasteiger partial charge in [0.15, 0.2) is 28.8 Å². The van der Waals surface area contributed by atoms with Crippen LogP contribution in [-0.4, -0.2) is 31.9 Å². The lowest BCUT2D eigenvalue weighted by molar-refractivity contribution is -0.135. The second kappa shape index (κ2) is 34.0. The van der Waals surface area contributed by atoms with Crippen molar-refractivity contribution in [1.82, 2.24) is 0 Å². The second-order valence-electron chi connectivity index (χ2n) is 15.8. The van der Waals surface area contributed by atoms with Gasteiger partial charge >= 0.3 is 11.9 Å². The van der Waals surface area contributed by atoms with Gasteiger partial charge in [0.2, 0.25) is 0 Å². The van der Waals surface area contributed by atoms with E-state index in [9.17, 15) is 14.4 Å². The molecule has 0 atom stereocenters. The lowest BCUT2D eigenvalue weighted by Gasteiger charge is -2.10. The molecule has 324 valence electrons. The van der Waals surface area contributed by atoms with E-state index in [2.05, 4.69) is 13.8 Å². The number of esters is 2. The van der Waals surface area contributed by atoms with Crippen molar-refractivity contribution in [2.24, 2.45) is 0 Å². The first-order chi connectivity index (χ1) is 28.4. The van der Waals surface area contributed by atoms with Gasteiger partial charge in [-0.1, -0.05) is 192 Å². The quantitative estimate of drug-likeness (QED) is 0.0293. The maximum atomic E-state index is 12.8. The third kappa shape index (κ3) is 24.8. The molecule has 0 bridgehead atoms. The highest BCUT2D eigenvalue weighted by atomic mass is 16.6. The topological polar surface area (TPSA) is 88.1 Å². The SMILES string of the molecule is CCCCCCCCCCCCCCCC(=O)Oc1cc(/C=C/C(=O)/C=C/c2ccc(OC)c(OC(=O)CCCCCCCCCCCCCCC)c2)ccc1OC. The van der Waals surface area contributed by atoms with Crippen LogP contribution in [0.3, 0.4) is 0 Å². The zero-order chi connectivity index (χ0) is 41.9. The van der Waals surface area contributed by atoms with Gasteiger partial charge in [0.25, 0.3) is 0 Å². The average Bonchev–Trinajstić information content (AvgIpc) is 3.22. The molecule has 2 aromatic rings. The summed E-state index contributed by atoms with van der Waals surface area (Å²) in [5, 5.41) is 0. The van der Waals surface area contributed by atoms with Crippen LogP contribution in [0.1, 0.15) is 205 Å². The monoisotopic (exact) mass is 803 g/mol. The van der Waals surface area contributed by atoms with E-state index in [1.54, 1.807) is 48.6 Å². The van der Waals surface area contributed by atoms with Gasteiger partial charge in [-0.15, -0.1) is 0 Å². The van der Waals surface area contributed by atoms with Crippen molar-refractivity contribution in [3.8, 4) is 23.0 Å². The highest BCUT2D eigenvalue weighted by Crippen LogP contribution is 2.31. The predicted octanol–water partition coefficient (Wildman–Crippen LogP) is 14.8. The lowest BCUT2D eigenvalue weighted by Crippen LogP contribution is -2.08. The van der Waals surface area contributed by atoms with E-state index in [-0.39, 0.29) is 17.7 Å². The summed E-state index contributed by atoms with van der Waals surface area (Å²) in [7, 11) is 3.07. The molecule has 0 radical (unpaired) electrons. The Kier molecular flexibility index (Phi) is 29.5. The van der Waals surface area contributed by atoms with Crippen molar-refractivity contribution < 1.29 is 33.3 Å². The van der Waals surface area contributed by atoms with Crippen molar-refractivity contribution in [3.05, 3.63) is 59.7 Å². The van der Waals surface area contributed by atoms with Crippen LogP contribution >= 0.6 is 0 Å². The largest absolute Gasteiger partial charge is 0.493 e. The van der Waals surface area contributed by atoms with Gasteiger partial charge in [0.1, 0.15) is 0 Å². The van der Waals surface area contributed by atoms with Gasteiger partial charge < -0.3 is 18.9 Å². The number of methoxy groups -OCH3 is 2. The van der Waals surface area contributed by atoms with Crippen LogP contribution in [-0.2, 0) is 14.4 Å². The molecule has 2 aromatic carbocycles. The molecule has 2 rings (SSSR count). The summed E-state index contributed by atoms with van der Waals surface area (Å²) in [4.78, 5) is 38.1. The number of hydrogen-bond donors (Lipinski definition) is 0. The van der Waals surface area contributed by atoms with Crippen molar-refractivity contribution in [3.63, 3.8) is 0 Å². The highest BCUT2D eigenvalue weighted by molar-refractivity contribution is 6.04. The number of carbonyl (C=O) groups is 3. The highest BCUT2D eigenvalue weighted by Gasteiger charge is 2.12. The Morgan fingerprint density at radius 1 is 0.414 bits per heavy atom. The van der Waals surface area contributed by atoms with Gasteiger partial charge in [-0.3, -0.25) is 14.4 Å². The van der Waals surface area contributed by atoms with Crippen LogP contribution in [0.25, 0.3) is 12.2 Å². The standard InChI is InChI=1S/C51H78O7/c1-5-7-9-11-13-15-17-19-21-23-25-27-29-31-50(53)57-48-41-43(35-39-46(48)55-3)33-37-45(52)38-34-44-36-40-47(56-4)49(42-44)58-51(54)32-30-28-26-24-22-20-18-16-14-12-10-8-6-2/h33-42H,5-32H2,1-4H3/b37-33+,38-34+. The van der Waals surface area contributed by atoms with E-state index in [0.717, 1.165) is 38.5 Å². The van der Waals surface area contributed by atoms with E-state index in [1.165, 1.54) is 155 Å². The minimum atomic E-state index is -0.286. The summed E-state index contributed by atoms with van der Waals surface area (Å²) < 4.78 is 22.2. The Balaban J connectivity index is 1.72. The number of benzene rings is 2. The van der Waals surface area contributed by atoms with Crippen LogP contribution in [0.4, 0.5) is 0 Å². The molecule has 0 heterocycles. The summed E-state index contributed by atoms with van der Waals surface area (Å²) in [6, 6.07) is 10.5. The minimum Gasteiger partial charge on any atom is -0.493 e. The maximum Gasteiger partial charge on any atom is 0.311 e. The Labute approximate surface area is 352 Å². The van der Waals surface area contributed by atoms with Crippen molar-refractivity contribution in [2.45, 2.75) is 194 Å². The lowest BCUT2D eigenvalue weighted by atomic mass is 10.0. The van der Waals surface area contributed by atoms with Crippen LogP contribution < -0.4 is 18.9 Å². The minimum absolute atomic E-state index is 0.228. The number of allylic oxidation sites excluding steroid dienone is 2. The predicted molar refractivity (Wildman–Crippen MR) is 241 cm³/mol. The molecule has 0 unspecified atom stereocenters. The molecular formula is C51H78O7. The van der Waals surface area contributed by atoms with Crippen LogP contribution in [0.5, 0.6) is 23.0 Å². The van der Waals surface area contributed by atoms with E-state index < -0.39 is 0 Å². The first-order valence-electron chi connectivity index (χ1n) is 23.1. The number of unbranched alkanes of at least 4 members (excludes halogenated alkanes) is 24. The molecule has 0 saturated carbocycles. The van der Waals surface area contributed by atoms with Crippen molar-refractivity contribution in [1.29, 1.82) is 0 Å². The first kappa shape index (κ1) is 50.3. The molecule has 58 heavy (non-hydrogen) atoms. The molecule has 0 amide bonds. The zero-order valence-electron chi connectivity index (χ0n) is 36.9. The van der Waals surface area contributed by atoms with Gasteiger partial charge in [-0.05, 0) is 60.4 Å². The van der Waals surface area contributed by atoms with Crippen LogP contribution in [0.15, 0.2) is 48.6 Å². The second-order valence-corrected chi connectivity index (χ2v) is 15.8. The molecule has 0 fully saturated rings. The molecule has 0 aliphatic heterocycles. The van der Waals surface area contributed by atoms with E-state index in [1.807, 2.05) is 0 Å². The van der Waals surface area contributed by atoms with E-state index in [0.29, 0.717) is 47.0 Å². The third-order valence-electron chi connectivity index (χ3n) is 10.7. The van der Waals surface area contributed by atoms with Gasteiger partial charge in [0, 0.05) is 12.8 Å². The molecule has 7 heteroatoms. The molecule has 0 aliphatic carbocycles. The summed E-state index contributed by atoms with van der Waals surface area (Å²) >= 11 is 0. The zero-order valence-corrected chi connectivity index (χ0v) is 36.9. The Morgan fingerprint density at radius 2 is 0.707 bits per heavy atom. The summed E-state index contributed by atoms with van der Waals surface area (Å²) in [5.74, 6) is 0.790. The molecule has 0 aromatic heterocycles. The maximum absolute atomic E-state index is 12.8. The first-order valence-corrected chi connectivity index (χ1v) is 23.1. The fourth-order valence-electron chi connectivity index (χ4n) is 7.09. The smallest absolute Gasteiger partial charge is 0.311 e. The third-order valence-corrected chi connectivity index (χ3v) is 10.7. The van der Waals surface area contributed by atoms with Gasteiger partial charge in [0.05, 0.1) is 14.2 Å². The number of hydrogen-bond acceptors (Lipinski definition) is 7. The average molecular weight is 803 g/mol. The molecule has 0 N–H and O–H groups in total. The molecule has 7 nitrogen and oxygen atoms in total. The Bertz CT molecular complexity index is 1350. The number of rotatable bonds is 36. The number of carbonyl (C=O) groups excluding carboxylic acids is 3. The molecule has 0 aliphatic rings. The molecular weight excluding hydrogens is 725 g/mol. The Hall–Kier alpha value is -3.87. The molecule has 0 saturated heterocycles. The fourth-order valence-corrected chi connectivity index (χ4v) is 7.09. The summed E-state index contributed by atoms with van der Waals surface area (Å²) in [5.41, 5.74) is 1.40. The number of ether oxygens (including phenoxy) is 4. The van der Waals surface area contributed by atoms with Crippen molar-refractivity contribution >= 4 is 29.9 Å². The van der Waals surface area contributed by atoms with E-state index in [4.69, 9.17) is 18.9 Å². The summed E-state index contributed by atoms with van der Waals surface area (Å²) in [6.07, 6.45) is 39.5. The van der Waals surface area contributed by atoms with E-state index >= 15 is 0 Å². The normalized spacial score (nSPS) is 11.4. The molecule has 0 spiro atoms. The Morgan fingerprint density at radius 3 is 1.00 bits per heavy atom. The summed E-state index contributed by atoms with van der Waals surface area (Å²) in [6.45, 7) is 4.52. The van der Waals surface area contributed by atoms with Crippen LogP contribution in [0.2, 0.25) is 0 Å². The van der Waals surface area contributed by atoms with Crippen LogP contribution in [0, 0.1) is 0 Å². The van der Waals surface area contributed by atoms with Crippen molar-refractivity contribution in [2.75, 3.05) is 14.2 Å².